The molecule has 11 nitrogen and oxygen atoms in total. The number of anilines is 1. The number of carbonyl (C=O) groups is 4. The molecule has 15 heteroatoms. The lowest BCUT2D eigenvalue weighted by molar-refractivity contribution is -0.200. The first-order valence-corrected chi connectivity index (χ1v) is 20.2. The van der Waals surface area contributed by atoms with Gasteiger partial charge in [0, 0.05) is 25.3 Å². The Bertz CT molecular complexity index is 1680. The zero-order chi connectivity index (χ0) is 40.9. The number of alkyl halides is 3. The maximum Gasteiger partial charge on any atom is 0.410 e. The molecule has 2 N–H and O–H groups in total. The van der Waals surface area contributed by atoms with Crippen molar-refractivity contribution in [2.75, 3.05) is 25.0 Å². The molecule has 1 saturated heterocycles. The van der Waals surface area contributed by atoms with Gasteiger partial charge in [-0.25, -0.2) is 9.18 Å². The number of hydrogen-bond donors (Lipinski definition) is 2. The van der Waals surface area contributed by atoms with Gasteiger partial charge in [-0.3, -0.25) is 19.1 Å². The maximum absolute atomic E-state index is 15.9. The van der Waals surface area contributed by atoms with Crippen molar-refractivity contribution in [3.8, 4) is 0 Å². The molecule has 56 heavy (non-hydrogen) atoms. The van der Waals surface area contributed by atoms with Crippen LogP contribution >= 0.6 is 0 Å². The van der Waals surface area contributed by atoms with E-state index in [-0.39, 0.29) is 41.6 Å². The van der Waals surface area contributed by atoms with Crippen LogP contribution < -0.4 is 10.6 Å². The Morgan fingerprint density at radius 2 is 1.48 bits per heavy atom. The van der Waals surface area contributed by atoms with Crippen molar-refractivity contribution in [3.63, 3.8) is 0 Å². The van der Waals surface area contributed by atoms with E-state index >= 15 is 4.39 Å². The smallest absolute Gasteiger partial charge is 0.410 e. The van der Waals surface area contributed by atoms with Gasteiger partial charge in [0.15, 0.2) is 0 Å². The van der Waals surface area contributed by atoms with E-state index in [4.69, 9.17) is 4.74 Å². The highest BCUT2D eigenvalue weighted by Gasteiger charge is 2.50. The number of halogens is 4. The van der Waals surface area contributed by atoms with Crippen LogP contribution in [0.1, 0.15) is 134 Å². The minimum absolute atomic E-state index is 0.103. The average molecular weight is 791 g/mol. The SMILES string of the molecule is CC(C)n1nccc1C(=O)N[C@H](C(=O)Nc1ccc([C@H](C)C(=O)N2CCN(C(=O)OC(C)(C)C)CC2C(F)(F)F)cc1F)C(C1CCCCC1)C1CCCCC1. The summed E-state index contributed by atoms with van der Waals surface area (Å²) in [4.78, 5) is 56.1. The van der Waals surface area contributed by atoms with Crippen molar-refractivity contribution >= 4 is 29.5 Å². The fourth-order valence-electron chi connectivity index (χ4n) is 8.75. The van der Waals surface area contributed by atoms with Crippen molar-refractivity contribution in [2.24, 2.45) is 17.8 Å². The Kier molecular flexibility index (Phi) is 13.8. The topological polar surface area (TPSA) is 126 Å². The Hall–Kier alpha value is -4.17. The van der Waals surface area contributed by atoms with Crippen LogP contribution in [0.2, 0.25) is 0 Å². The van der Waals surface area contributed by atoms with E-state index in [1.807, 2.05) is 13.8 Å². The van der Waals surface area contributed by atoms with Crippen LogP contribution in [0.15, 0.2) is 30.5 Å². The minimum atomic E-state index is -4.84. The normalized spacial score (nSPS) is 20.2. The molecule has 310 valence electrons. The molecule has 2 saturated carbocycles. The summed E-state index contributed by atoms with van der Waals surface area (Å²) in [5.74, 6) is -3.70. The summed E-state index contributed by atoms with van der Waals surface area (Å²) in [6, 6.07) is 2.02. The molecule has 0 bridgehead atoms. The van der Waals surface area contributed by atoms with Crippen molar-refractivity contribution in [3.05, 3.63) is 47.5 Å². The number of aromatic nitrogens is 2. The third-order valence-corrected chi connectivity index (χ3v) is 11.5. The van der Waals surface area contributed by atoms with Gasteiger partial charge in [-0.05, 0) is 83.1 Å². The molecule has 3 fully saturated rings. The highest BCUT2D eigenvalue weighted by Crippen LogP contribution is 2.42. The molecular weight excluding hydrogens is 732 g/mol. The van der Waals surface area contributed by atoms with Crippen LogP contribution in [0.25, 0.3) is 0 Å². The third-order valence-electron chi connectivity index (χ3n) is 11.5. The number of amides is 4. The predicted molar refractivity (Wildman–Crippen MR) is 203 cm³/mol. The van der Waals surface area contributed by atoms with Crippen molar-refractivity contribution in [1.82, 2.24) is 24.9 Å². The van der Waals surface area contributed by atoms with E-state index in [9.17, 15) is 32.3 Å². The molecule has 1 aliphatic heterocycles. The fourth-order valence-corrected chi connectivity index (χ4v) is 8.75. The molecule has 2 aromatic rings. The van der Waals surface area contributed by atoms with Gasteiger partial charge in [-0.1, -0.05) is 70.3 Å². The first-order chi connectivity index (χ1) is 26.4. The summed E-state index contributed by atoms with van der Waals surface area (Å²) < 4.78 is 65.7. The lowest BCUT2D eigenvalue weighted by Crippen LogP contribution is -2.62. The second-order valence-corrected chi connectivity index (χ2v) is 17.0. The van der Waals surface area contributed by atoms with Gasteiger partial charge < -0.3 is 25.2 Å². The van der Waals surface area contributed by atoms with Gasteiger partial charge in [0.2, 0.25) is 11.8 Å². The van der Waals surface area contributed by atoms with E-state index < -0.39 is 72.5 Å². The monoisotopic (exact) mass is 790 g/mol. The number of nitrogens with one attached hydrogen (secondary N) is 2. The molecule has 2 aliphatic carbocycles. The highest BCUT2D eigenvalue weighted by molar-refractivity contribution is 6.01. The molecule has 3 aliphatic rings. The average Bonchev–Trinajstić information content (AvgIpc) is 3.65. The van der Waals surface area contributed by atoms with E-state index in [1.165, 1.54) is 19.1 Å². The molecule has 0 spiro atoms. The van der Waals surface area contributed by atoms with Gasteiger partial charge in [-0.15, -0.1) is 0 Å². The molecule has 1 unspecified atom stereocenters. The Morgan fingerprint density at radius 1 is 0.875 bits per heavy atom. The van der Waals surface area contributed by atoms with Crippen molar-refractivity contribution < 1.29 is 41.5 Å². The lowest BCUT2D eigenvalue weighted by atomic mass is 9.66. The van der Waals surface area contributed by atoms with Gasteiger partial charge in [0.1, 0.15) is 29.2 Å². The number of hydrogen-bond acceptors (Lipinski definition) is 6. The van der Waals surface area contributed by atoms with E-state index in [0.717, 1.165) is 75.2 Å². The Morgan fingerprint density at radius 3 is 2.02 bits per heavy atom. The quantitative estimate of drug-likeness (QED) is 0.234. The number of carbonyl (C=O) groups excluding carboxylic acids is 4. The van der Waals surface area contributed by atoms with E-state index in [0.29, 0.717) is 10.6 Å². The molecular formula is C41H58F4N6O5. The molecule has 1 aromatic heterocycles. The maximum atomic E-state index is 15.9. The molecule has 3 atom stereocenters. The summed E-state index contributed by atoms with van der Waals surface area (Å²) >= 11 is 0. The van der Waals surface area contributed by atoms with Crippen LogP contribution in [0, 0.1) is 23.6 Å². The number of benzene rings is 1. The molecule has 4 amide bonds. The Balaban J connectivity index is 1.37. The molecule has 1 aromatic carbocycles. The van der Waals surface area contributed by atoms with Crippen LogP contribution in [-0.2, 0) is 14.3 Å². The molecule has 0 radical (unpaired) electrons. The van der Waals surface area contributed by atoms with Crippen LogP contribution in [-0.4, -0.2) is 86.9 Å². The standard InChI is InChI=1S/C41H58F4N6O5/c1-25(2)51-32(19-20-46-51)36(52)48-35(34(27-13-9-7-10-14-27)28-15-11-8-12-16-28)37(53)47-31-18-17-29(23-30(31)42)26(3)38(54)50-22-21-49(24-33(50)41(43,44)45)39(55)56-40(4,5)6/h17-20,23,25-28,33-35H,7-16,21-22,24H2,1-6H3,(H,47,53)(H,48,52)/t26-,33?,35-/m0/s1. The minimum Gasteiger partial charge on any atom is -0.444 e. The number of nitrogens with zero attached hydrogens (tertiary/aromatic N) is 4. The molecule has 2 heterocycles. The van der Waals surface area contributed by atoms with Crippen molar-refractivity contribution in [2.45, 2.75) is 142 Å². The van der Waals surface area contributed by atoms with Crippen LogP contribution in [0.3, 0.4) is 0 Å². The van der Waals surface area contributed by atoms with E-state index in [2.05, 4.69) is 15.7 Å². The van der Waals surface area contributed by atoms with Gasteiger partial charge >= 0.3 is 12.3 Å². The number of piperazine rings is 1. The Labute approximate surface area is 327 Å². The third kappa shape index (κ3) is 10.4. The fraction of sp³-hybridized carbons (Fsp3) is 0.683. The van der Waals surface area contributed by atoms with Crippen LogP contribution in [0.5, 0.6) is 0 Å². The van der Waals surface area contributed by atoms with Crippen molar-refractivity contribution in [1.29, 1.82) is 0 Å². The summed E-state index contributed by atoms with van der Waals surface area (Å²) in [5.41, 5.74) is -0.649. The zero-order valence-electron chi connectivity index (χ0n) is 33.5. The summed E-state index contributed by atoms with van der Waals surface area (Å²) in [5, 5.41) is 10.1. The highest BCUT2D eigenvalue weighted by atomic mass is 19.4. The van der Waals surface area contributed by atoms with Gasteiger partial charge in [0.05, 0.1) is 18.2 Å². The van der Waals surface area contributed by atoms with Crippen LogP contribution in [0.4, 0.5) is 28.0 Å². The summed E-state index contributed by atoms with van der Waals surface area (Å²) in [6.07, 6.45) is 5.90. The first-order valence-electron chi connectivity index (χ1n) is 20.2. The summed E-state index contributed by atoms with van der Waals surface area (Å²) in [7, 11) is 0. The first kappa shape index (κ1) is 43.0. The van der Waals surface area contributed by atoms with Gasteiger partial charge in [0.25, 0.3) is 5.91 Å². The number of ether oxygens (including phenoxy) is 1. The van der Waals surface area contributed by atoms with Gasteiger partial charge in [-0.2, -0.15) is 18.3 Å². The second-order valence-electron chi connectivity index (χ2n) is 17.0. The second kappa shape index (κ2) is 18.0. The number of rotatable bonds is 10. The zero-order valence-corrected chi connectivity index (χ0v) is 33.5. The van der Waals surface area contributed by atoms with E-state index in [1.54, 1.807) is 37.7 Å². The molecule has 5 rings (SSSR count). The largest absolute Gasteiger partial charge is 0.444 e. The summed E-state index contributed by atoms with van der Waals surface area (Å²) in [6.45, 7) is 8.68. The predicted octanol–water partition coefficient (Wildman–Crippen LogP) is 8.23. The lowest BCUT2D eigenvalue weighted by Gasteiger charge is -2.43.